The van der Waals surface area contributed by atoms with Crippen molar-refractivity contribution in [1.82, 2.24) is 4.98 Å². The molecule has 1 unspecified atom stereocenters. The molecule has 1 aliphatic heterocycles. The Labute approximate surface area is 90.5 Å². The van der Waals surface area contributed by atoms with Gasteiger partial charge in [-0.3, -0.25) is 0 Å². The minimum absolute atomic E-state index is 0.0875. The Bertz CT molecular complexity index is 466. The Kier molecular flexibility index (Phi) is 2.50. The number of thiazole rings is 1. The first-order chi connectivity index (χ1) is 6.55. The van der Waals surface area contributed by atoms with E-state index in [0.29, 0.717) is 10.3 Å². The molecule has 0 fully saturated rings. The highest BCUT2D eigenvalue weighted by Gasteiger charge is 2.21. The molecule has 0 saturated heterocycles. The lowest BCUT2D eigenvalue weighted by atomic mass is 10.3. The van der Waals surface area contributed by atoms with Crippen LogP contribution in [0.1, 0.15) is 0 Å². The molecule has 0 bridgehead atoms. The highest BCUT2D eigenvalue weighted by molar-refractivity contribution is 7.94. The van der Waals surface area contributed by atoms with Crippen LogP contribution in [0, 0.1) is 0 Å². The molecule has 1 aromatic rings. The predicted octanol–water partition coefficient (Wildman–Crippen LogP) is 1.52. The second-order valence-corrected chi connectivity index (χ2v) is 6.06. The molecule has 1 aromatic heterocycles. The van der Waals surface area contributed by atoms with Gasteiger partial charge >= 0.3 is 0 Å². The van der Waals surface area contributed by atoms with Gasteiger partial charge in [-0.1, -0.05) is 11.6 Å². The quantitative estimate of drug-likeness (QED) is 0.865. The van der Waals surface area contributed by atoms with Crippen LogP contribution in [0.15, 0.2) is 16.9 Å². The molecule has 0 radical (unpaired) electrons. The van der Waals surface area contributed by atoms with Crippen molar-refractivity contribution >= 4 is 37.9 Å². The van der Waals surface area contributed by atoms with Gasteiger partial charge in [0.2, 0.25) is 0 Å². The van der Waals surface area contributed by atoms with E-state index in [0.717, 1.165) is 0 Å². The predicted molar refractivity (Wildman–Crippen MR) is 57.5 cm³/mol. The van der Waals surface area contributed by atoms with Crippen molar-refractivity contribution in [3.8, 4) is 0 Å². The average Bonchev–Trinajstić information content (AvgIpc) is 2.59. The van der Waals surface area contributed by atoms with Crippen molar-refractivity contribution in [3.63, 3.8) is 0 Å². The minimum atomic E-state index is -3.01. The molecule has 2 heterocycles. The molecule has 1 aliphatic rings. The number of sulfone groups is 1. The number of hydrogen-bond acceptors (Lipinski definition) is 5. The first-order valence-corrected chi connectivity index (χ1v) is 6.81. The zero-order valence-corrected chi connectivity index (χ0v) is 9.36. The Morgan fingerprint density at radius 1 is 1.64 bits per heavy atom. The fraction of sp³-hybridized carbons (Fsp3) is 0.286. The lowest BCUT2D eigenvalue weighted by Crippen LogP contribution is -2.20. The molecule has 2 rings (SSSR count). The van der Waals surface area contributed by atoms with Crippen molar-refractivity contribution in [2.75, 3.05) is 11.1 Å². The van der Waals surface area contributed by atoms with Gasteiger partial charge < -0.3 is 5.32 Å². The molecule has 0 aromatic carbocycles. The van der Waals surface area contributed by atoms with E-state index in [1.54, 1.807) is 11.5 Å². The Morgan fingerprint density at radius 3 is 2.93 bits per heavy atom. The monoisotopic (exact) mass is 250 g/mol. The van der Waals surface area contributed by atoms with Crippen molar-refractivity contribution in [3.05, 3.63) is 22.0 Å². The van der Waals surface area contributed by atoms with Gasteiger partial charge in [0, 0.05) is 10.8 Å². The molecule has 1 atom stereocenters. The van der Waals surface area contributed by atoms with Crippen LogP contribution in [0.2, 0.25) is 5.15 Å². The van der Waals surface area contributed by atoms with Crippen LogP contribution < -0.4 is 5.32 Å². The normalized spacial score (nSPS) is 23.9. The fourth-order valence-corrected chi connectivity index (χ4v) is 3.28. The lowest BCUT2D eigenvalue weighted by Gasteiger charge is -2.06. The van der Waals surface area contributed by atoms with E-state index in [2.05, 4.69) is 10.3 Å². The van der Waals surface area contributed by atoms with E-state index < -0.39 is 9.84 Å². The van der Waals surface area contributed by atoms with Crippen LogP contribution in [-0.2, 0) is 9.84 Å². The van der Waals surface area contributed by atoms with Crippen LogP contribution >= 0.6 is 22.9 Å². The van der Waals surface area contributed by atoms with Gasteiger partial charge in [0.25, 0.3) is 0 Å². The Hall–Kier alpha value is -0.590. The van der Waals surface area contributed by atoms with Gasteiger partial charge in [-0.25, -0.2) is 13.4 Å². The second-order valence-electron chi connectivity index (χ2n) is 2.88. The zero-order valence-electron chi connectivity index (χ0n) is 6.97. The molecule has 0 amide bonds. The SMILES string of the molecule is O=S1(=O)C=CC(Nc2nc(Cl)cs2)C1. The van der Waals surface area contributed by atoms with Crippen LogP contribution in [-0.4, -0.2) is 25.2 Å². The smallest absolute Gasteiger partial charge is 0.184 e. The largest absolute Gasteiger partial charge is 0.354 e. The molecule has 7 heteroatoms. The van der Waals surface area contributed by atoms with E-state index in [1.165, 1.54) is 16.7 Å². The molecule has 0 saturated carbocycles. The summed E-state index contributed by atoms with van der Waals surface area (Å²) in [4.78, 5) is 3.97. The van der Waals surface area contributed by atoms with E-state index in [4.69, 9.17) is 11.6 Å². The molecular formula is C7H7ClN2O2S2. The third-order valence-corrected chi connectivity index (χ3v) is 4.21. The Balaban J connectivity index is 2.05. The van der Waals surface area contributed by atoms with Gasteiger partial charge in [0.15, 0.2) is 15.0 Å². The number of nitrogens with one attached hydrogen (secondary N) is 1. The molecule has 76 valence electrons. The summed E-state index contributed by atoms with van der Waals surface area (Å²) in [7, 11) is -3.01. The topological polar surface area (TPSA) is 59.1 Å². The summed E-state index contributed by atoms with van der Waals surface area (Å²) < 4.78 is 22.1. The number of rotatable bonds is 2. The standard InChI is InChI=1S/C7H7ClN2O2S2/c8-6-3-13-7(10-6)9-5-1-2-14(11,12)4-5/h1-3,5H,4H2,(H,9,10). The summed E-state index contributed by atoms with van der Waals surface area (Å²) in [5.74, 6) is 0.0875. The maximum absolute atomic E-state index is 11.1. The van der Waals surface area contributed by atoms with Gasteiger partial charge in [-0.2, -0.15) is 0 Å². The molecule has 4 nitrogen and oxygen atoms in total. The maximum atomic E-state index is 11.1. The van der Waals surface area contributed by atoms with E-state index in [1.807, 2.05) is 0 Å². The lowest BCUT2D eigenvalue weighted by molar-refractivity contribution is 0.605. The summed E-state index contributed by atoms with van der Waals surface area (Å²) in [6.45, 7) is 0. The van der Waals surface area contributed by atoms with Crippen molar-refractivity contribution in [2.24, 2.45) is 0 Å². The van der Waals surface area contributed by atoms with Gasteiger partial charge in [0.1, 0.15) is 5.15 Å². The molecule has 0 spiro atoms. The zero-order chi connectivity index (χ0) is 10.2. The van der Waals surface area contributed by atoms with Gasteiger partial charge in [-0.05, 0) is 6.08 Å². The first kappa shape index (κ1) is 9.95. The van der Waals surface area contributed by atoms with Gasteiger partial charge in [0.05, 0.1) is 11.8 Å². The molecule has 1 N–H and O–H groups in total. The maximum Gasteiger partial charge on any atom is 0.184 e. The Morgan fingerprint density at radius 2 is 2.43 bits per heavy atom. The third kappa shape index (κ3) is 2.26. The number of anilines is 1. The fourth-order valence-electron chi connectivity index (χ4n) is 1.14. The van der Waals surface area contributed by atoms with Crippen LogP contribution in [0.5, 0.6) is 0 Å². The third-order valence-electron chi connectivity index (χ3n) is 1.72. The molecule has 14 heavy (non-hydrogen) atoms. The minimum Gasteiger partial charge on any atom is -0.354 e. The van der Waals surface area contributed by atoms with Crippen LogP contribution in [0.3, 0.4) is 0 Å². The summed E-state index contributed by atoms with van der Waals surface area (Å²) >= 11 is 6.98. The highest BCUT2D eigenvalue weighted by Crippen LogP contribution is 2.21. The molecular weight excluding hydrogens is 244 g/mol. The van der Waals surface area contributed by atoms with E-state index in [-0.39, 0.29) is 11.8 Å². The molecule has 0 aliphatic carbocycles. The van der Waals surface area contributed by atoms with Crippen molar-refractivity contribution in [1.29, 1.82) is 0 Å². The summed E-state index contributed by atoms with van der Waals surface area (Å²) in [6, 6.07) is -0.192. The van der Waals surface area contributed by atoms with E-state index >= 15 is 0 Å². The number of aromatic nitrogens is 1. The average molecular weight is 251 g/mol. The summed E-state index contributed by atoms with van der Waals surface area (Å²) in [5, 5.41) is 6.95. The first-order valence-electron chi connectivity index (χ1n) is 3.84. The summed E-state index contributed by atoms with van der Waals surface area (Å²) in [5.41, 5.74) is 0. The van der Waals surface area contributed by atoms with Crippen LogP contribution in [0.4, 0.5) is 5.13 Å². The van der Waals surface area contributed by atoms with Gasteiger partial charge in [-0.15, -0.1) is 11.3 Å². The number of nitrogens with zero attached hydrogens (tertiary/aromatic N) is 1. The van der Waals surface area contributed by atoms with Crippen molar-refractivity contribution in [2.45, 2.75) is 6.04 Å². The van der Waals surface area contributed by atoms with Crippen molar-refractivity contribution < 1.29 is 8.42 Å². The highest BCUT2D eigenvalue weighted by atomic mass is 35.5. The van der Waals surface area contributed by atoms with Crippen LogP contribution in [0.25, 0.3) is 0 Å². The number of hydrogen-bond donors (Lipinski definition) is 1. The van der Waals surface area contributed by atoms with E-state index in [9.17, 15) is 8.42 Å². The number of halogens is 1. The second kappa shape index (κ2) is 3.52. The summed E-state index contributed by atoms with van der Waals surface area (Å²) in [6.07, 6.45) is 1.62.